The zero-order valence-electron chi connectivity index (χ0n) is 6.77. The number of carbonyl (C=O) groups is 1. The van der Waals surface area contributed by atoms with Gasteiger partial charge in [0.15, 0.2) is 0 Å². The van der Waals surface area contributed by atoms with E-state index in [1.165, 1.54) is 0 Å². The van der Waals surface area contributed by atoms with Crippen LogP contribution in [0.2, 0.25) is 0 Å². The summed E-state index contributed by atoms with van der Waals surface area (Å²) in [6.07, 6.45) is -1.23. The molecular weight excluding hydrogens is 236 g/mol. The van der Waals surface area contributed by atoms with Crippen molar-refractivity contribution >= 4 is 21.9 Å². The molecule has 1 aromatic carbocycles. The summed E-state index contributed by atoms with van der Waals surface area (Å²) < 4.78 is 0.726. The molecule has 2 N–H and O–H groups in total. The highest BCUT2D eigenvalue weighted by Gasteiger charge is 2.13. The molecule has 0 aromatic heterocycles. The summed E-state index contributed by atoms with van der Waals surface area (Å²) in [5.41, 5.74) is 0.602. The highest BCUT2D eigenvalue weighted by atomic mass is 79.9. The molecule has 1 atom stereocenters. The zero-order valence-corrected chi connectivity index (χ0v) is 8.36. The molecule has 0 heterocycles. The average Bonchev–Trinajstić information content (AvgIpc) is 2.03. The molecule has 0 amide bonds. The van der Waals surface area contributed by atoms with Crippen LogP contribution in [0.15, 0.2) is 28.7 Å². The lowest BCUT2D eigenvalue weighted by Crippen LogP contribution is -2.05. The van der Waals surface area contributed by atoms with Crippen molar-refractivity contribution in [2.45, 2.75) is 12.5 Å². The Labute approximate surface area is 84.1 Å². The fraction of sp³-hybridized carbons (Fsp3) is 0.222. The number of halogens is 1. The fourth-order valence-electron chi connectivity index (χ4n) is 1.02. The maximum atomic E-state index is 10.3. The smallest absolute Gasteiger partial charge is 0.306 e. The van der Waals surface area contributed by atoms with Gasteiger partial charge in [-0.05, 0) is 11.6 Å². The Bertz CT molecular complexity index is 311. The number of benzene rings is 1. The van der Waals surface area contributed by atoms with Gasteiger partial charge in [-0.3, -0.25) is 4.79 Å². The summed E-state index contributed by atoms with van der Waals surface area (Å²) in [5, 5.41) is 17.9. The first kappa shape index (κ1) is 10.2. The number of hydrogen-bond acceptors (Lipinski definition) is 2. The number of carboxylic acids is 1. The van der Waals surface area contributed by atoms with E-state index in [2.05, 4.69) is 15.9 Å². The SMILES string of the molecule is O=C(O)C[C@H](O)c1ccccc1Br. The molecule has 1 aromatic rings. The second kappa shape index (κ2) is 4.39. The van der Waals surface area contributed by atoms with Gasteiger partial charge in [-0.15, -0.1) is 0 Å². The van der Waals surface area contributed by atoms with Gasteiger partial charge in [-0.25, -0.2) is 0 Å². The molecule has 0 fully saturated rings. The number of aliphatic hydroxyl groups is 1. The summed E-state index contributed by atoms with van der Waals surface area (Å²) in [6, 6.07) is 7.02. The van der Waals surface area contributed by atoms with Crippen LogP contribution in [0.25, 0.3) is 0 Å². The number of carboxylic acid groups (broad SMARTS) is 1. The Kier molecular flexibility index (Phi) is 3.45. The third kappa shape index (κ3) is 2.82. The molecule has 70 valence electrons. The summed E-state index contributed by atoms with van der Waals surface area (Å²) in [7, 11) is 0. The van der Waals surface area contributed by atoms with Crippen LogP contribution in [0.5, 0.6) is 0 Å². The van der Waals surface area contributed by atoms with Gasteiger partial charge >= 0.3 is 5.97 Å². The van der Waals surface area contributed by atoms with Crippen molar-refractivity contribution in [3.05, 3.63) is 34.3 Å². The molecule has 0 spiro atoms. The molecular formula is C9H9BrO3. The summed E-state index contributed by atoms with van der Waals surface area (Å²) in [5.74, 6) is -1.01. The molecule has 0 saturated carbocycles. The van der Waals surface area contributed by atoms with Crippen molar-refractivity contribution in [1.29, 1.82) is 0 Å². The molecule has 3 nitrogen and oxygen atoms in total. The fourth-order valence-corrected chi connectivity index (χ4v) is 1.57. The van der Waals surface area contributed by atoms with E-state index >= 15 is 0 Å². The van der Waals surface area contributed by atoms with Crippen LogP contribution < -0.4 is 0 Å². The van der Waals surface area contributed by atoms with Crippen molar-refractivity contribution in [2.75, 3.05) is 0 Å². The first-order chi connectivity index (χ1) is 6.11. The minimum atomic E-state index is -1.01. The molecule has 0 radical (unpaired) electrons. The van der Waals surface area contributed by atoms with Crippen LogP contribution in [0.1, 0.15) is 18.1 Å². The van der Waals surface area contributed by atoms with Gasteiger partial charge in [-0.2, -0.15) is 0 Å². The third-order valence-electron chi connectivity index (χ3n) is 1.63. The van der Waals surface area contributed by atoms with Crippen LogP contribution in [0, 0.1) is 0 Å². The van der Waals surface area contributed by atoms with E-state index in [-0.39, 0.29) is 6.42 Å². The van der Waals surface area contributed by atoms with Crippen LogP contribution in [0.4, 0.5) is 0 Å². The number of aliphatic carboxylic acids is 1. The number of rotatable bonds is 3. The zero-order chi connectivity index (χ0) is 9.84. The molecule has 0 aliphatic carbocycles. The molecule has 0 saturated heterocycles. The van der Waals surface area contributed by atoms with E-state index in [9.17, 15) is 9.90 Å². The molecule has 0 unspecified atom stereocenters. The van der Waals surface area contributed by atoms with Crippen molar-refractivity contribution in [3.8, 4) is 0 Å². The maximum Gasteiger partial charge on any atom is 0.306 e. The van der Waals surface area contributed by atoms with Gasteiger partial charge in [-0.1, -0.05) is 34.1 Å². The van der Waals surface area contributed by atoms with Crippen molar-refractivity contribution in [2.24, 2.45) is 0 Å². The normalized spacial score (nSPS) is 12.5. The number of aliphatic hydroxyl groups excluding tert-OH is 1. The van der Waals surface area contributed by atoms with Crippen LogP contribution >= 0.6 is 15.9 Å². The lowest BCUT2D eigenvalue weighted by atomic mass is 10.1. The van der Waals surface area contributed by atoms with Gasteiger partial charge in [0.25, 0.3) is 0 Å². The van der Waals surface area contributed by atoms with Gasteiger partial charge < -0.3 is 10.2 Å². The van der Waals surface area contributed by atoms with E-state index in [1.54, 1.807) is 24.3 Å². The average molecular weight is 245 g/mol. The van der Waals surface area contributed by atoms with Gasteiger partial charge in [0.1, 0.15) is 0 Å². The van der Waals surface area contributed by atoms with E-state index in [1.807, 2.05) is 0 Å². The van der Waals surface area contributed by atoms with Crippen molar-refractivity contribution < 1.29 is 15.0 Å². The Morgan fingerprint density at radius 1 is 1.46 bits per heavy atom. The predicted molar refractivity (Wildman–Crippen MR) is 51.4 cm³/mol. The van der Waals surface area contributed by atoms with Gasteiger partial charge in [0.2, 0.25) is 0 Å². The van der Waals surface area contributed by atoms with Gasteiger partial charge in [0, 0.05) is 4.47 Å². The molecule has 13 heavy (non-hydrogen) atoms. The molecule has 0 bridgehead atoms. The Morgan fingerprint density at radius 2 is 2.08 bits per heavy atom. The Morgan fingerprint density at radius 3 is 2.62 bits per heavy atom. The van der Waals surface area contributed by atoms with E-state index in [0.717, 1.165) is 4.47 Å². The molecule has 0 aliphatic rings. The third-order valence-corrected chi connectivity index (χ3v) is 2.35. The lowest BCUT2D eigenvalue weighted by molar-refractivity contribution is -0.139. The quantitative estimate of drug-likeness (QED) is 0.855. The van der Waals surface area contributed by atoms with Crippen molar-refractivity contribution in [1.82, 2.24) is 0 Å². The van der Waals surface area contributed by atoms with Crippen LogP contribution in [-0.2, 0) is 4.79 Å². The first-order valence-corrected chi connectivity index (χ1v) is 4.55. The Balaban J connectivity index is 2.82. The van der Waals surface area contributed by atoms with E-state index in [0.29, 0.717) is 5.56 Å². The van der Waals surface area contributed by atoms with Crippen LogP contribution in [0.3, 0.4) is 0 Å². The maximum absolute atomic E-state index is 10.3. The van der Waals surface area contributed by atoms with Gasteiger partial charge in [0.05, 0.1) is 12.5 Å². The Hall–Kier alpha value is -0.870. The lowest BCUT2D eigenvalue weighted by Gasteiger charge is -2.09. The first-order valence-electron chi connectivity index (χ1n) is 3.75. The van der Waals surface area contributed by atoms with E-state index in [4.69, 9.17) is 5.11 Å². The van der Waals surface area contributed by atoms with Crippen molar-refractivity contribution in [3.63, 3.8) is 0 Å². The highest BCUT2D eigenvalue weighted by Crippen LogP contribution is 2.24. The second-order valence-electron chi connectivity index (χ2n) is 2.64. The minimum Gasteiger partial charge on any atom is -0.481 e. The largest absolute Gasteiger partial charge is 0.481 e. The molecule has 0 aliphatic heterocycles. The second-order valence-corrected chi connectivity index (χ2v) is 3.49. The topological polar surface area (TPSA) is 57.5 Å². The summed E-state index contributed by atoms with van der Waals surface area (Å²) in [4.78, 5) is 10.3. The predicted octanol–water partition coefficient (Wildman–Crippen LogP) is 1.96. The standard InChI is InChI=1S/C9H9BrO3/c10-7-4-2-1-3-6(7)8(11)5-9(12)13/h1-4,8,11H,5H2,(H,12,13)/t8-/m0/s1. The van der Waals surface area contributed by atoms with E-state index < -0.39 is 12.1 Å². The monoisotopic (exact) mass is 244 g/mol. The molecule has 1 rings (SSSR count). The summed E-state index contributed by atoms with van der Waals surface area (Å²) >= 11 is 3.23. The number of hydrogen-bond donors (Lipinski definition) is 2. The minimum absolute atomic E-state index is 0.275. The summed E-state index contributed by atoms with van der Waals surface area (Å²) in [6.45, 7) is 0. The molecule has 4 heteroatoms. The van der Waals surface area contributed by atoms with Crippen LogP contribution in [-0.4, -0.2) is 16.2 Å². The highest BCUT2D eigenvalue weighted by molar-refractivity contribution is 9.10.